The van der Waals surface area contributed by atoms with Crippen molar-refractivity contribution in [1.82, 2.24) is 5.32 Å². The summed E-state index contributed by atoms with van der Waals surface area (Å²) in [4.78, 5) is 34.6. The smallest absolute Gasteiger partial charge is 0.339 e. The van der Waals surface area contributed by atoms with Crippen LogP contribution in [0.3, 0.4) is 0 Å². The highest BCUT2D eigenvalue weighted by Crippen LogP contribution is 2.25. The Morgan fingerprint density at radius 1 is 1.18 bits per heavy atom. The van der Waals surface area contributed by atoms with Crippen molar-refractivity contribution < 1.29 is 19.2 Å². The number of nitrogens with one attached hydrogen (secondary N) is 1. The molecule has 0 bridgehead atoms. The first-order chi connectivity index (χ1) is 13.3. The van der Waals surface area contributed by atoms with Gasteiger partial charge in [-0.05, 0) is 44.4 Å². The van der Waals surface area contributed by atoms with E-state index in [1.165, 1.54) is 24.6 Å². The maximum absolute atomic E-state index is 12.2. The number of halogens is 1. The Bertz CT molecular complexity index is 857. The maximum Gasteiger partial charge on any atom is 0.339 e. The summed E-state index contributed by atoms with van der Waals surface area (Å²) in [6.07, 6.45) is 0.506. The molecule has 0 saturated carbocycles. The van der Waals surface area contributed by atoms with E-state index in [0.29, 0.717) is 0 Å². The number of carbonyl (C=O) groups is 2. The first-order valence-corrected chi connectivity index (χ1v) is 9.15. The summed E-state index contributed by atoms with van der Waals surface area (Å²) in [7, 11) is 0. The Morgan fingerprint density at radius 2 is 1.86 bits per heavy atom. The van der Waals surface area contributed by atoms with Crippen LogP contribution in [-0.2, 0) is 16.0 Å². The van der Waals surface area contributed by atoms with E-state index in [1.54, 1.807) is 0 Å². The van der Waals surface area contributed by atoms with E-state index in [0.717, 1.165) is 18.9 Å². The van der Waals surface area contributed by atoms with Crippen molar-refractivity contribution in [3.63, 3.8) is 0 Å². The van der Waals surface area contributed by atoms with Crippen LogP contribution in [0.1, 0.15) is 36.2 Å². The van der Waals surface area contributed by atoms with Crippen LogP contribution in [0.2, 0.25) is 5.02 Å². The van der Waals surface area contributed by atoms with E-state index >= 15 is 0 Å². The number of esters is 1. The van der Waals surface area contributed by atoms with Gasteiger partial charge in [0.25, 0.3) is 11.6 Å². The summed E-state index contributed by atoms with van der Waals surface area (Å²) in [5.41, 5.74) is 0.725. The van der Waals surface area contributed by atoms with E-state index in [1.807, 2.05) is 37.3 Å². The molecule has 0 aliphatic carbocycles. The molecular weight excluding hydrogens is 384 g/mol. The first kappa shape index (κ1) is 21.4. The quantitative estimate of drug-likeness (QED) is 0.408. The van der Waals surface area contributed by atoms with E-state index in [4.69, 9.17) is 16.3 Å². The standard InChI is InChI=1S/C20H21ClN2O5/c1-13(8-9-15-6-4-3-5-7-15)22-19(24)14(2)28-20(25)16-10-11-17(21)18(12-16)23(26)27/h3-7,10-14H,8-9H2,1-2H3,(H,22,24)/t13-,14+/m0/s1. The lowest BCUT2D eigenvalue weighted by Gasteiger charge is -2.18. The van der Waals surface area contributed by atoms with Gasteiger partial charge in [-0.2, -0.15) is 0 Å². The van der Waals surface area contributed by atoms with Crippen molar-refractivity contribution in [2.24, 2.45) is 0 Å². The summed E-state index contributed by atoms with van der Waals surface area (Å²) in [6, 6.07) is 13.4. The highest BCUT2D eigenvalue weighted by Gasteiger charge is 2.22. The van der Waals surface area contributed by atoms with Gasteiger partial charge in [0.05, 0.1) is 10.5 Å². The second-order valence-electron chi connectivity index (χ2n) is 6.40. The van der Waals surface area contributed by atoms with Gasteiger partial charge in [-0.15, -0.1) is 0 Å². The SMILES string of the molecule is C[C@@H](CCc1ccccc1)NC(=O)[C@@H](C)OC(=O)c1ccc(Cl)c([N+](=O)[O-])c1. The number of amides is 1. The Morgan fingerprint density at radius 3 is 2.50 bits per heavy atom. The molecule has 0 aromatic heterocycles. The zero-order chi connectivity index (χ0) is 20.7. The normalized spacial score (nSPS) is 12.7. The van der Waals surface area contributed by atoms with Gasteiger partial charge >= 0.3 is 5.97 Å². The van der Waals surface area contributed by atoms with Gasteiger partial charge < -0.3 is 10.1 Å². The zero-order valence-corrected chi connectivity index (χ0v) is 16.3. The molecule has 148 valence electrons. The molecule has 0 fully saturated rings. The number of hydrogen-bond acceptors (Lipinski definition) is 5. The molecule has 2 rings (SSSR count). The van der Waals surface area contributed by atoms with E-state index < -0.39 is 28.6 Å². The van der Waals surface area contributed by atoms with Crippen LogP contribution >= 0.6 is 11.6 Å². The molecule has 28 heavy (non-hydrogen) atoms. The lowest BCUT2D eigenvalue weighted by molar-refractivity contribution is -0.384. The van der Waals surface area contributed by atoms with Gasteiger partial charge in [0.1, 0.15) is 5.02 Å². The molecule has 2 atom stereocenters. The zero-order valence-electron chi connectivity index (χ0n) is 15.6. The summed E-state index contributed by atoms with van der Waals surface area (Å²) >= 11 is 5.73. The van der Waals surface area contributed by atoms with Crippen LogP contribution in [0.4, 0.5) is 5.69 Å². The average Bonchev–Trinajstić information content (AvgIpc) is 2.67. The molecule has 2 aromatic rings. The largest absolute Gasteiger partial charge is 0.449 e. The molecule has 2 aromatic carbocycles. The number of aryl methyl sites for hydroxylation is 1. The topological polar surface area (TPSA) is 98.5 Å². The number of nitro groups is 1. The van der Waals surface area contributed by atoms with Crippen LogP contribution in [-0.4, -0.2) is 28.9 Å². The fourth-order valence-electron chi connectivity index (χ4n) is 2.52. The van der Waals surface area contributed by atoms with Crippen molar-refractivity contribution in [1.29, 1.82) is 0 Å². The molecule has 0 spiro atoms. The average molecular weight is 405 g/mol. The van der Waals surface area contributed by atoms with E-state index in [2.05, 4.69) is 5.32 Å². The van der Waals surface area contributed by atoms with Crippen molar-refractivity contribution in [2.45, 2.75) is 38.8 Å². The van der Waals surface area contributed by atoms with Crippen molar-refractivity contribution in [3.8, 4) is 0 Å². The summed E-state index contributed by atoms with van der Waals surface area (Å²) in [5, 5.41) is 13.6. The Labute approximate surface area is 167 Å². The number of benzene rings is 2. The van der Waals surface area contributed by atoms with Gasteiger partial charge in [-0.1, -0.05) is 41.9 Å². The second-order valence-corrected chi connectivity index (χ2v) is 6.81. The van der Waals surface area contributed by atoms with E-state index in [-0.39, 0.29) is 16.6 Å². The maximum atomic E-state index is 12.2. The van der Waals surface area contributed by atoms with E-state index in [9.17, 15) is 19.7 Å². The number of nitrogens with zero attached hydrogens (tertiary/aromatic N) is 1. The Kier molecular flexibility index (Phi) is 7.52. The summed E-state index contributed by atoms with van der Waals surface area (Å²) < 4.78 is 5.12. The Hall–Kier alpha value is -2.93. The highest BCUT2D eigenvalue weighted by molar-refractivity contribution is 6.32. The van der Waals surface area contributed by atoms with Gasteiger partial charge in [-0.25, -0.2) is 4.79 Å². The van der Waals surface area contributed by atoms with Crippen LogP contribution < -0.4 is 5.32 Å². The predicted octanol–water partition coefficient (Wildman–Crippen LogP) is 3.93. The van der Waals surface area contributed by atoms with Gasteiger partial charge in [0.2, 0.25) is 0 Å². The Balaban J connectivity index is 1.88. The van der Waals surface area contributed by atoms with Crippen molar-refractivity contribution in [3.05, 3.63) is 74.8 Å². The molecule has 0 heterocycles. The van der Waals surface area contributed by atoms with Crippen LogP contribution in [0.5, 0.6) is 0 Å². The highest BCUT2D eigenvalue weighted by atomic mass is 35.5. The monoisotopic (exact) mass is 404 g/mol. The van der Waals surface area contributed by atoms with Crippen LogP contribution in [0.15, 0.2) is 48.5 Å². The van der Waals surface area contributed by atoms with Crippen LogP contribution in [0.25, 0.3) is 0 Å². The minimum atomic E-state index is -1.04. The molecule has 8 heteroatoms. The lowest BCUT2D eigenvalue weighted by Crippen LogP contribution is -2.41. The van der Waals surface area contributed by atoms with Crippen molar-refractivity contribution >= 4 is 29.2 Å². The fourth-order valence-corrected chi connectivity index (χ4v) is 2.71. The number of carbonyl (C=O) groups excluding carboxylic acids is 2. The molecule has 0 aliphatic heterocycles. The van der Waals surface area contributed by atoms with Crippen molar-refractivity contribution in [2.75, 3.05) is 0 Å². The number of hydrogen-bond donors (Lipinski definition) is 1. The molecule has 0 saturated heterocycles. The predicted molar refractivity (Wildman–Crippen MR) is 105 cm³/mol. The summed E-state index contributed by atoms with van der Waals surface area (Å²) in [5.74, 6) is -1.27. The third kappa shape index (κ3) is 6.06. The molecular formula is C20H21ClN2O5. The third-order valence-corrected chi connectivity index (χ3v) is 4.45. The minimum Gasteiger partial charge on any atom is -0.449 e. The minimum absolute atomic E-state index is 0.0483. The number of rotatable bonds is 8. The summed E-state index contributed by atoms with van der Waals surface area (Å²) in [6.45, 7) is 3.32. The number of ether oxygens (including phenoxy) is 1. The second kappa shape index (κ2) is 9.85. The van der Waals surface area contributed by atoms with Gasteiger partial charge in [-0.3, -0.25) is 14.9 Å². The van der Waals surface area contributed by atoms with Gasteiger partial charge in [0, 0.05) is 12.1 Å². The molecule has 0 aliphatic rings. The van der Waals surface area contributed by atoms with Crippen LogP contribution in [0, 0.1) is 10.1 Å². The number of nitro benzene ring substituents is 1. The molecule has 0 unspecified atom stereocenters. The third-order valence-electron chi connectivity index (χ3n) is 4.13. The molecule has 7 nitrogen and oxygen atoms in total. The molecule has 0 radical (unpaired) electrons. The molecule has 1 N–H and O–H groups in total. The fraction of sp³-hybridized carbons (Fsp3) is 0.300. The lowest BCUT2D eigenvalue weighted by atomic mass is 10.1. The van der Waals surface area contributed by atoms with Gasteiger partial charge in [0.15, 0.2) is 6.10 Å². The molecule has 1 amide bonds. The first-order valence-electron chi connectivity index (χ1n) is 8.77.